The van der Waals surface area contributed by atoms with E-state index < -0.39 is 0 Å². The van der Waals surface area contributed by atoms with E-state index in [1.807, 2.05) is 48.0 Å². The van der Waals surface area contributed by atoms with Crippen LogP contribution >= 0.6 is 15.9 Å². The summed E-state index contributed by atoms with van der Waals surface area (Å²) in [6, 6.07) is 11.2. The predicted molar refractivity (Wildman–Crippen MR) is 106 cm³/mol. The van der Waals surface area contributed by atoms with E-state index in [4.69, 9.17) is 0 Å². The molecular formula is C19H16BrN7O. The number of halogens is 1. The third-order valence-corrected chi connectivity index (χ3v) is 5.45. The van der Waals surface area contributed by atoms with Crippen LogP contribution in [0.5, 0.6) is 0 Å². The van der Waals surface area contributed by atoms with E-state index in [1.165, 1.54) is 0 Å². The van der Waals surface area contributed by atoms with Gasteiger partial charge in [0.2, 0.25) is 0 Å². The third-order valence-electron chi connectivity index (χ3n) is 4.98. The van der Waals surface area contributed by atoms with Crippen LogP contribution in [0, 0.1) is 0 Å². The Morgan fingerprint density at radius 1 is 1.18 bits per heavy atom. The van der Waals surface area contributed by atoms with Crippen molar-refractivity contribution >= 4 is 27.4 Å². The Hall–Kier alpha value is -3.07. The van der Waals surface area contributed by atoms with Crippen LogP contribution in [0.3, 0.4) is 0 Å². The van der Waals surface area contributed by atoms with Crippen LogP contribution in [0.1, 0.15) is 29.3 Å². The SMILES string of the molecule is CC1c2nnc(-c3ccccn3)n2CCN1C(=O)c1cc2ccc(Br)cn2n1. The van der Waals surface area contributed by atoms with Gasteiger partial charge in [-0.2, -0.15) is 5.10 Å². The molecule has 0 spiro atoms. The van der Waals surface area contributed by atoms with E-state index in [1.54, 1.807) is 21.7 Å². The van der Waals surface area contributed by atoms with Crippen molar-refractivity contribution in [3.8, 4) is 11.5 Å². The van der Waals surface area contributed by atoms with Crippen LogP contribution in [0.15, 0.2) is 53.3 Å². The summed E-state index contributed by atoms with van der Waals surface area (Å²) in [4.78, 5) is 19.3. The lowest BCUT2D eigenvalue weighted by atomic mass is 10.2. The summed E-state index contributed by atoms with van der Waals surface area (Å²) in [5.41, 5.74) is 2.07. The van der Waals surface area contributed by atoms with Crippen molar-refractivity contribution < 1.29 is 4.79 Å². The zero-order valence-corrected chi connectivity index (χ0v) is 16.6. The maximum atomic E-state index is 13.1. The number of carbonyl (C=O) groups is 1. The van der Waals surface area contributed by atoms with Gasteiger partial charge in [-0.15, -0.1) is 10.2 Å². The Labute approximate surface area is 169 Å². The molecule has 8 nitrogen and oxygen atoms in total. The minimum Gasteiger partial charge on any atom is -0.325 e. The van der Waals surface area contributed by atoms with Crippen molar-refractivity contribution in [3.63, 3.8) is 0 Å². The monoisotopic (exact) mass is 437 g/mol. The fourth-order valence-corrected chi connectivity index (χ4v) is 3.89. The van der Waals surface area contributed by atoms with Gasteiger partial charge in [0.1, 0.15) is 5.69 Å². The van der Waals surface area contributed by atoms with Crippen molar-refractivity contribution in [2.45, 2.75) is 19.5 Å². The highest BCUT2D eigenvalue weighted by atomic mass is 79.9. The number of aromatic nitrogens is 6. The molecule has 0 aromatic carbocycles. The summed E-state index contributed by atoms with van der Waals surface area (Å²) in [7, 11) is 0. The van der Waals surface area contributed by atoms with Gasteiger partial charge in [-0.3, -0.25) is 9.78 Å². The molecule has 4 aromatic heterocycles. The molecule has 5 rings (SSSR count). The zero-order valence-electron chi connectivity index (χ0n) is 15.0. The first kappa shape index (κ1) is 17.1. The number of pyridine rings is 2. The Morgan fingerprint density at radius 3 is 2.89 bits per heavy atom. The standard InChI is InChI=1S/C19H16BrN7O/c1-12-17-22-23-18(15-4-2-3-7-21-15)26(17)9-8-25(12)19(28)16-10-14-6-5-13(20)11-27(14)24-16/h2-7,10-12H,8-9H2,1H3. The lowest BCUT2D eigenvalue weighted by Crippen LogP contribution is -2.41. The molecule has 9 heteroatoms. The molecule has 0 fully saturated rings. The van der Waals surface area contributed by atoms with Gasteiger partial charge in [0.15, 0.2) is 17.3 Å². The van der Waals surface area contributed by atoms with E-state index in [2.05, 4.69) is 36.2 Å². The van der Waals surface area contributed by atoms with E-state index in [9.17, 15) is 4.79 Å². The zero-order chi connectivity index (χ0) is 19.3. The minimum absolute atomic E-state index is 0.110. The highest BCUT2D eigenvalue weighted by molar-refractivity contribution is 9.10. The quantitative estimate of drug-likeness (QED) is 0.481. The fourth-order valence-electron chi connectivity index (χ4n) is 3.56. The molecule has 140 valence electrons. The number of hydrogen-bond donors (Lipinski definition) is 0. The smallest absolute Gasteiger partial charge is 0.275 e. The van der Waals surface area contributed by atoms with Crippen LogP contribution in [0.2, 0.25) is 0 Å². The molecule has 0 aliphatic carbocycles. The van der Waals surface area contributed by atoms with Crippen molar-refractivity contribution in [2.24, 2.45) is 0 Å². The topological polar surface area (TPSA) is 81.2 Å². The summed E-state index contributed by atoms with van der Waals surface area (Å²) in [6.07, 6.45) is 3.57. The molecule has 5 heterocycles. The fraction of sp³-hybridized carbons (Fsp3) is 0.211. The van der Waals surface area contributed by atoms with E-state index >= 15 is 0 Å². The molecule has 28 heavy (non-hydrogen) atoms. The maximum absolute atomic E-state index is 13.1. The molecule has 0 N–H and O–H groups in total. The third kappa shape index (κ3) is 2.70. The van der Waals surface area contributed by atoms with E-state index in [-0.39, 0.29) is 11.9 Å². The predicted octanol–water partition coefficient (Wildman–Crippen LogP) is 2.97. The summed E-state index contributed by atoms with van der Waals surface area (Å²) >= 11 is 3.43. The molecule has 1 atom stereocenters. The van der Waals surface area contributed by atoms with Gasteiger partial charge in [-0.25, -0.2) is 4.52 Å². The Kier molecular flexibility index (Phi) is 3.97. The summed E-state index contributed by atoms with van der Waals surface area (Å²) in [6.45, 7) is 3.14. The second-order valence-corrected chi connectivity index (χ2v) is 7.58. The van der Waals surface area contributed by atoms with Crippen molar-refractivity contribution in [2.75, 3.05) is 6.54 Å². The first-order valence-electron chi connectivity index (χ1n) is 8.92. The average Bonchev–Trinajstić information content (AvgIpc) is 3.32. The van der Waals surface area contributed by atoms with Gasteiger partial charge < -0.3 is 9.47 Å². The van der Waals surface area contributed by atoms with Crippen molar-refractivity contribution in [3.05, 3.63) is 64.8 Å². The van der Waals surface area contributed by atoms with Gasteiger partial charge in [-0.1, -0.05) is 6.07 Å². The second-order valence-electron chi connectivity index (χ2n) is 6.67. The summed E-state index contributed by atoms with van der Waals surface area (Å²) < 4.78 is 4.65. The van der Waals surface area contributed by atoms with Crippen molar-refractivity contribution in [1.82, 2.24) is 34.3 Å². The van der Waals surface area contributed by atoms with E-state index in [0.717, 1.165) is 27.3 Å². The highest BCUT2D eigenvalue weighted by Crippen LogP contribution is 2.28. The van der Waals surface area contributed by atoms with Crippen LogP contribution in [-0.4, -0.2) is 46.7 Å². The molecule has 4 aromatic rings. The van der Waals surface area contributed by atoms with Crippen LogP contribution in [0.25, 0.3) is 17.0 Å². The lowest BCUT2D eigenvalue weighted by Gasteiger charge is -2.33. The number of amides is 1. The van der Waals surface area contributed by atoms with Gasteiger partial charge in [-0.05, 0) is 53.2 Å². The molecule has 1 unspecified atom stereocenters. The van der Waals surface area contributed by atoms with Gasteiger partial charge in [0.05, 0.1) is 11.6 Å². The number of rotatable bonds is 2. The molecule has 1 aliphatic rings. The molecule has 0 bridgehead atoms. The number of hydrogen-bond acceptors (Lipinski definition) is 5. The van der Waals surface area contributed by atoms with Crippen LogP contribution in [0.4, 0.5) is 0 Å². The molecule has 0 radical (unpaired) electrons. The molecule has 0 saturated carbocycles. The number of nitrogens with zero attached hydrogens (tertiary/aromatic N) is 7. The van der Waals surface area contributed by atoms with Gasteiger partial charge in [0.25, 0.3) is 5.91 Å². The first-order chi connectivity index (χ1) is 13.6. The lowest BCUT2D eigenvalue weighted by molar-refractivity contribution is 0.0632. The summed E-state index contributed by atoms with van der Waals surface area (Å²) in [5.74, 6) is 1.37. The van der Waals surface area contributed by atoms with Crippen molar-refractivity contribution in [1.29, 1.82) is 0 Å². The van der Waals surface area contributed by atoms with Gasteiger partial charge >= 0.3 is 0 Å². The number of fused-ring (bicyclic) bond motifs is 2. The Morgan fingerprint density at radius 2 is 2.07 bits per heavy atom. The normalized spacial score (nSPS) is 16.4. The first-order valence-corrected chi connectivity index (χ1v) is 9.71. The van der Waals surface area contributed by atoms with Crippen LogP contribution < -0.4 is 0 Å². The molecule has 1 aliphatic heterocycles. The molecular weight excluding hydrogens is 422 g/mol. The highest BCUT2D eigenvalue weighted by Gasteiger charge is 2.33. The van der Waals surface area contributed by atoms with Gasteiger partial charge in [0, 0.05) is 30.0 Å². The summed E-state index contributed by atoms with van der Waals surface area (Å²) in [5, 5.41) is 13.1. The minimum atomic E-state index is -0.206. The van der Waals surface area contributed by atoms with Crippen LogP contribution in [-0.2, 0) is 6.54 Å². The van der Waals surface area contributed by atoms with E-state index in [0.29, 0.717) is 18.8 Å². The molecule has 0 saturated heterocycles. The average molecular weight is 438 g/mol. The largest absolute Gasteiger partial charge is 0.325 e. The second kappa shape index (κ2) is 6.52. The Bertz CT molecular complexity index is 1180. The Balaban J connectivity index is 1.46. The molecule has 1 amide bonds. The maximum Gasteiger partial charge on any atom is 0.275 e. The number of carbonyl (C=O) groups excluding carboxylic acids is 1.